The zero-order valence-corrected chi connectivity index (χ0v) is 10.6. The summed E-state index contributed by atoms with van der Waals surface area (Å²) in [6.45, 7) is 0. The van der Waals surface area contributed by atoms with Gasteiger partial charge in [-0.1, -0.05) is 41.9 Å². The van der Waals surface area contributed by atoms with E-state index in [-0.39, 0.29) is 12.1 Å². The first-order chi connectivity index (χ1) is 8.74. The summed E-state index contributed by atoms with van der Waals surface area (Å²) in [5.74, 6) is 0.788. The molecule has 2 unspecified atom stereocenters. The smallest absolute Gasteiger partial charge is 0.131 e. The molecule has 0 bridgehead atoms. The van der Waals surface area contributed by atoms with E-state index in [1.54, 1.807) is 6.07 Å². The highest BCUT2D eigenvalue weighted by molar-refractivity contribution is 6.29. The fourth-order valence-corrected chi connectivity index (χ4v) is 2.64. The molecule has 0 amide bonds. The molecule has 0 aliphatic heterocycles. The highest BCUT2D eigenvalue weighted by Gasteiger charge is 2.28. The number of aromatic nitrogens is 1. The summed E-state index contributed by atoms with van der Waals surface area (Å²) in [6.07, 6.45) is 0.882. The van der Waals surface area contributed by atoms with Crippen LogP contribution < -0.4 is 11.1 Å². The van der Waals surface area contributed by atoms with Crippen molar-refractivity contribution in [1.82, 2.24) is 4.98 Å². The lowest BCUT2D eigenvalue weighted by Gasteiger charge is -2.14. The zero-order valence-electron chi connectivity index (χ0n) is 9.81. The quantitative estimate of drug-likeness (QED) is 0.814. The first-order valence-electron chi connectivity index (χ1n) is 5.97. The van der Waals surface area contributed by atoms with Gasteiger partial charge in [-0.05, 0) is 29.7 Å². The molecule has 1 aromatic carbocycles. The second-order valence-corrected chi connectivity index (χ2v) is 4.90. The van der Waals surface area contributed by atoms with E-state index in [0.717, 1.165) is 12.2 Å². The first-order valence-corrected chi connectivity index (χ1v) is 6.35. The molecule has 0 saturated heterocycles. The third-order valence-electron chi connectivity index (χ3n) is 3.30. The van der Waals surface area contributed by atoms with Gasteiger partial charge < -0.3 is 11.1 Å². The van der Waals surface area contributed by atoms with E-state index in [1.165, 1.54) is 11.1 Å². The van der Waals surface area contributed by atoms with Crippen molar-refractivity contribution >= 4 is 17.4 Å². The Morgan fingerprint density at radius 2 is 1.89 bits per heavy atom. The molecule has 2 atom stereocenters. The topological polar surface area (TPSA) is 50.9 Å². The molecule has 3 N–H and O–H groups in total. The Balaban J connectivity index is 1.87. The Hall–Kier alpha value is -1.58. The predicted octanol–water partition coefficient (Wildman–Crippen LogP) is 3.29. The van der Waals surface area contributed by atoms with Crippen molar-refractivity contribution in [2.45, 2.75) is 18.5 Å². The van der Waals surface area contributed by atoms with Crippen LogP contribution in [-0.4, -0.2) is 4.98 Å². The molecule has 1 aliphatic rings. The second kappa shape index (κ2) is 4.59. The largest absolute Gasteiger partial charge is 0.363 e. The molecule has 1 aromatic heterocycles. The van der Waals surface area contributed by atoms with Gasteiger partial charge in [0.05, 0.1) is 6.04 Å². The lowest BCUT2D eigenvalue weighted by molar-refractivity contribution is 0.647. The molecule has 3 nitrogen and oxygen atoms in total. The monoisotopic (exact) mass is 259 g/mol. The number of anilines is 1. The normalized spacial score (nSPS) is 21.7. The van der Waals surface area contributed by atoms with E-state index in [9.17, 15) is 0 Å². The van der Waals surface area contributed by atoms with Crippen molar-refractivity contribution < 1.29 is 0 Å². The molecule has 18 heavy (non-hydrogen) atoms. The highest BCUT2D eigenvalue weighted by atomic mass is 35.5. The number of rotatable bonds is 2. The standard InChI is InChI=1S/C14H14ClN3/c15-13-6-3-7-14(18-13)17-12-8-11(16)9-4-1-2-5-10(9)12/h1-7,11-12H,8,16H2,(H,17,18). The summed E-state index contributed by atoms with van der Waals surface area (Å²) in [5.41, 5.74) is 8.61. The van der Waals surface area contributed by atoms with Crippen LogP contribution in [0.3, 0.4) is 0 Å². The van der Waals surface area contributed by atoms with Crippen molar-refractivity contribution in [1.29, 1.82) is 0 Å². The maximum atomic E-state index is 6.13. The van der Waals surface area contributed by atoms with Crippen LogP contribution in [0.4, 0.5) is 5.82 Å². The molecule has 0 fully saturated rings. The number of nitrogens with zero attached hydrogens (tertiary/aromatic N) is 1. The Kier molecular flexibility index (Phi) is 2.94. The summed E-state index contributed by atoms with van der Waals surface area (Å²) in [5, 5.41) is 3.89. The van der Waals surface area contributed by atoms with Crippen LogP contribution in [0.1, 0.15) is 29.6 Å². The van der Waals surface area contributed by atoms with E-state index in [0.29, 0.717) is 5.15 Å². The van der Waals surface area contributed by atoms with Crippen LogP contribution in [0.5, 0.6) is 0 Å². The van der Waals surface area contributed by atoms with Gasteiger partial charge in [-0.25, -0.2) is 4.98 Å². The fraction of sp³-hybridized carbons (Fsp3) is 0.214. The number of pyridine rings is 1. The van der Waals surface area contributed by atoms with Gasteiger partial charge in [0.1, 0.15) is 11.0 Å². The van der Waals surface area contributed by atoms with Gasteiger partial charge in [0.15, 0.2) is 0 Å². The maximum Gasteiger partial charge on any atom is 0.131 e. The number of hydrogen-bond donors (Lipinski definition) is 2. The highest BCUT2D eigenvalue weighted by Crippen LogP contribution is 2.38. The molecule has 2 aromatic rings. The molecular weight excluding hydrogens is 246 g/mol. The maximum absolute atomic E-state index is 6.13. The van der Waals surface area contributed by atoms with Gasteiger partial charge >= 0.3 is 0 Å². The van der Waals surface area contributed by atoms with Crippen LogP contribution in [0, 0.1) is 0 Å². The summed E-state index contributed by atoms with van der Waals surface area (Å²) in [6, 6.07) is 14.1. The summed E-state index contributed by atoms with van der Waals surface area (Å²) >= 11 is 5.88. The lowest BCUT2D eigenvalue weighted by Crippen LogP contribution is -2.10. The molecule has 0 saturated carbocycles. The number of halogens is 1. The molecule has 0 radical (unpaired) electrons. The van der Waals surface area contributed by atoms with Gasteiger partial charge in [-0.3, -0.25) is 0 Å². The molecule has 0 spiro atoms. The average molecular weight is 260 g/mol. The number of fused-ring (bicyclic) bond motifs is 1. The molecule has 1 heterocycles. The van der Waals surface area contributed by atoms with Crippen molar-refractivity contribution in [2.75, 3.05) is 5.32 Å². The van der Waals surface area contributed by atoms with Gasteiger partial charge in [0, 0.05) is 6.04 Å². The van der Waals surface area contributed by atoms with Gasteiger partial charge in [0.25, 0.3) is 0 Å². The summed E-state index contributed by atoms with van der Waals surface area (Å²) < 4.78 is 0. The van der Waals surface area contributed by atoms with Crippen molar-refractivity contribution in [3.63, 3.8) is 0 Å². The Morgan fingerprint density at radius 1 is 1.11 bits per heavy atom. The van der Waals surface area contributed by atoms with Crippen LogP contribution in [-0.2, 0) is 0 Å². The Morgan fingerprint density at radius 3 is 2.67 bits per heavy atom. The number of benzene rings is 1. The van der Waals surface area contributed by atoms with Crippen LogP contribution in [0.15, 0.2) is 42.5 Å². The SMILES string of the molecule is NC1CC(Nc2cccc(Cl)n2)c2ccccc21. The van der Waals surface area contributed by atoms with E-state index >= 15 is 0 Å². The third-order valence-corrected chi connectivity index (χ3v) is 3.51. The second-order valence-electron chi connectivity index (χ2n) is 4.51. The summed E-state index contributed by atoms with van der Waals surface area (Å²) in [7, 11) is 0. The third kappa shape index (κ3) is 2.07. The minimum absolute atomic E-state index is 0.0953. The number of nitrogens with two attached hydrogens (primary N) is 1. The number of hydrogen-bond acceptors (Lipinski definition) is 3. The van der Waals surface area contributed by atoms with Gasteiger partial charge in [-0.15, -0.1) is 0 Å². The minimum atomic E-state index is 0.0953. The Bertz CT molecular complexity index is 570. The molecule has 92 valence electrons. The first kappa shape index (κ1) is 11.5. The van der Waals surface area contributed by atoms with Crippen LogP contribution in [0.25, 0.3) is 0 Å². The lowest BCUT2D eigenvalue weighted by atomic mass is 10.1. The summed E-state index contributed by atoms with van der Waals surface area (Å²) in [4.78, 5) is 4.25. The van der Waals surface area contributed by atoms with E-state index in [1.807, 2.05) is 24.3 Å². The van der Waals surface area contributed by atoms with Crippen LogP contribution in [0.2, 0.25) is 5.15 Å². The number of nitrogens with one attached hydrogen (secondary N) is 1. The van der Waals surface area contributed by atoms with Crippen molar-refractivity contribution in [2.24, 2.45) is 5.73 Å². The Labute approximate surface area is 111 Å². The van der Waals surface area contributed by atoms with Crippen molar-refractivity contribution in [3.8, 4) is 0 Å². The van der Waals surface area contributed by atoms with Gasteiger partial charge in [0.2, 0.25) is 0 Å². The predicted molar refractivity (Wildman–Crippen MR) is 73.6 cm³/mol. The van der Waals surface area contributed by atoms with Gasteiger partial charge in [-0.2, -0.15) is 0 Å². The molecule has 3 rings (SSSR count). The molecule has 1 aliphatic carbocycles. The van der Waals surface area contributed by atoms with Crippen molar-refractivity contribution in [3.05, 3.63) is 58.7 Å². The van der Waals surface area contributed by atoms with E-state index in [2.05, 4.69) is 22.4 Å². The van der Waals surface area contributed by atoms with E-state index < -0.39 is 0 Å². The van der Waals surface area contributed by atoms with E-state index in [4.69, 9.17) is 17.3 Å². The van der Waals surface area contributed by atoms with Crippen LogP contribution >= 0.6 is 11.6 Å². The fourth-order valence-electron chi connectivity index (χ4n) is 2.48. The molecule has 4 heteroatoms. The molecular formula is C14H14ClN3. The average Bonchev–Trinajstić information content (AvgIpc) is 2.67. The minimum Gasteiger partial charge on any atom is -0.363 e. The zero-order chi connectivity index (χ0) is 12.5.